The first-order chi connectivity index (χ1) is 16.2. The lowest BCUT2D eigenvalue weighted by molar-refractivity contribution is 0.0933. The second kappa shape index (κ2) is 9.69. The molecular weight excluding hydrogens is 476 g/mol. The van der Waals surface area contributed by atoms with Crippen molar-refractivity contribution in [2.75, 3.05) is 38.1 Å². The molecule has 2 heterocycles. The Labute approximate surface area is 202 Å². The number of anilines is 1. The molecule has 0 unspecified atom stereocenters. The summed E-state index contributed by atoms with van der Waals surface area (Å²) in [5.74, 6) is -0.362. The number of hydrogen-bond acceptors (Lipinski definition) is 7. The van der Waals surface area contributed by atoms with Gasteiger partial charge in [-0.2, -0.15) is 4.31 Å². The van der Waals surface area contributed by atoms with Gasteiger partial charge in [0, 0.05) is 31.7 Å². The highest BCUT2D eigenvalue weighted by Gasteiger charge is 2.30. The lowest BCUT2D eigenvalue weighted by atomic mass is 10.1. The lowest BCUT2D eigenvalue weighted by Gasteiger charge is -2.33. The van der Waals surface area contributed by atoms with Crippen LogP contribution in [0.2, 0.25) is 0 Å². The monoisotopic (exact) mass is 502 g/mol. The summed E-state index contributed by atoms with van der Waals surface area (Å²) in [6.07, 6.45) is -0.437. The van der Waals surface area contributed by atoms with Crippen LogP contribution in [0.1, 0.15) is 28.4 Å². The average molecular weight is 503 g/mol. The number of aromatic nitrogens is 1. The third-order valence-electron chi connectivity index (χ3n) is 5.74. The Morgan fingerprint density at radius 1 is 1.06 bits per heavy atom. The fourth-order valence-corrected chi connectivity index (χ4v) is 6.02. The first-order valence-corrected chi connectivity index (χ1v) is 13.2. The second-order valence-corrected chi connectivity index (χ2v) is 11.0. The van der Waals surface area contributed by atoms with Crippen molar-refractivity contribution in [3.8, 4) is 0 Å². The van der Waals surface area contributed by atoms with E-state index in [9.17, 15) is 18.0 Å². The van der Waals surface area contributed by atoms with Crippen LogP contribution >= 0.6 is 11.3 Å². The molecule has 0 aliphatic carbocycles. The number of carbonyl (C=O) groups excluding carboxylic acids is 2. The Morgan fingerprint density at radius 2 is 1.71 bits per heavy atom. The van der Waals surface area contributed by atoms with Crippen molar-refractivity contribution in [1.82, 2.24) is 14.2 Å². The Kier molecular flexibility index (Phi) is 6.87. The summed E-state index contributed by atoms with van der Waals surface area (Å²) < 4.78 is 33.3. The van der Waals surface area contributed by atoms with Crippen molar-refractivity contribution in [2.24, 2.45) is 0 Å². The van der Waals surface area contributed by atoms with Gasteiger partial charge < -0.3 is 9.64 Å². The highest BCUT2D eigenvalue weighted by molar-refractivity contribution is 7.89. The summed E-state index contributed by atoms with van der Waals surface area (Å²) in [4.78, 5) is 30.6. The molecular formula is C23H26N4O5S2. The van der Waals surface area contributed by atoms with Gasteiger partial charge in [0.15, 0.2) is 5.13 Å². The zero-order chi connectivity index (χ0) is 24.5. The van der Waals surface area contributed by atoms with Crippen molar-refractivity contribution in [3.63, 3.8) is 0 Å². The van der Waals surface area contributed by atoms with Gasteiger partial charge in [0.25, 0.3) is 5.91 Å². The van der Waals surface area contributed by atoms with Gasteiger partial charge in [-0.25, -0.2) is 18.2 Å². The maximum Gasteiger partial charge on any atom is 0.409 e. The Balaban J connectivity index is 1.42. The summed E-state index contributed by atoms with van der Waals surface area (Å²) in [7, 11) is -3.74. The number of benzene rings is 2. The fraction of sp³-hybridized carbons (Fsp3) is 0.348. The molecule has 11 heteroatoms. The largest absolute Gasteiger partial charge is 0.450 e. The number of ether oxygens (including phenoxy) is 1. The SMILES string of the molecule is CCOC(=O)N1CCN(S(=O)(=O)c2ccc(C(=O)Nc3nc4cc(C)c(C)cc4s3)cc2)CC1. The first kappa shape index (κ1) is 24.1. The molecule has 0 atom stereocenters. The van der Waals surface area contributed by atoms with Gasteiger partial charge in [-0.1, -0.05) is 11.3 Å². The molecule has 3 aromatic rings. The average Bonchev–Trinajstić information content (AvgIpc) is 3.20. The minimum Gasteiger partial charge on any atom is -0.450 e. The molecule has 1 fully saturated rings. The highest BCUT2D eigenvalue weighted by Crippen LogP contribution is 2.29. The number of thiazole rings is 1. The number of fused-ring (bicyclic) bond motifs is 1. The predicted octanol–water partition coefficient (Wildman–Crippen LogP) is 3.63. The van der Waals surface area contributed by atoms with Crippen molar-refractivity contribution in [2.45, 2.75) is 25.7 Å². The lowest BCUT2D eigenvalue weighted by Crippen LogP contribution is -2.50. The van der Waals surface area contributed by atoms with Crippen molar-refractivity contribution in [1.29, 1.82) is 0 Å². The van der Waals surface area contributed by atoms with E-state index in [1.807, 2.05) is 26.0 Å². The molecule has 2 aromatic carbocycles. The van der Waals surface area contributed by atoms with Gasteiger partial charge in [-0.05, 0) is 68.3 Å². The maximum absolute atomic E-state index is 13.0. The van der Waals surface area contributed by atoms with Gasteiger partial charge in [-0.3, -0.25) is 10.1 Å². The molecule has 0 spiro atoms. The van der Waals surface area contributed by atoms with Gasteiger partial charge in [0.05, 0.1) is 21.7 Å². The molecule has 1 N–H and O–H groups in total. The second-order valence-electron chi connectivity index (χ2n) is 7.99. The molecule has 1 saturated heterocycles. The van der Waals surface area contributed by atoms with Crippen LogP contribution in [-0.2, 0) is 14.8 Å². The normalized spacial score (nSPS) is 14.9. The van der Waals surface area contributed by atoms with E-state index in [0.29, 0.717) is 10.7 Å². The summed E-state index contributed by atoms with van der Waals surface area (Å²) in [6, 6.07) is 9.85. The number of sulfonamides is 1. The van der Waals surface area contributed by atoms with Crippen molar-refractivity contribution in [3.05, 3.63) is 53.1 Å². The van der Waals surface area contributed by atoms with Crippen molar-refractivity contribution < 1.29 is 22.7 Å². The molecule has 1 aromatic heterocycles. The molecule has 34 heavy (non-hydrogen) atoms. The Morgan fingerprint density at radius 3 is 2.35 bits per heavy atom. The number of piperazine rings is 1. The van der Waals surface area contributed by atoms with Crippen LogP contribution in [-0.4, -0.2) is 67.4 Å². The van der Waals surface area contributed by atoms with Crippen LogP contribution in [0.25, 0.3) is 10.2 Å². The third kappa shape index (κ3) is 4.91. The Bertz CT molecular complexity index is 1290. The van der Waals surface area contributed by atoms with Gasteiger partial charge in [0.2, 0.25) is 10.0 Å². The van der Waals surface area contributed by atoms with E-state index in [0.717, 1.165) is 21.3 Å². The number of nitrogens with zero attached hydrogens (tertiary/aromatic N) is 3. The van der Waals surface area contributed by atoms with E-state index in [2.05, 4.69) is 10.3 Å². The van der Waals surface area contributed by atoms with E-state index in [4.69, 9.17) is 4.74 Å². The maximum atomic E-state index is 13.0. The molecule has 9 nitrogen and oxygen atoms in total. The number of amides is 2. The summed E-state index contributed by atoms with van der Waals surface area (Å²) >= 11 is 1.39. The topological polar surface area (TPSA) is 109 Å². The summed E-state index contributed by atoms with van der Waals surface area (Å²) in [5.41, 5.74) is 3.45. The Hall–Kier alpha value is -3.02. The van der Waals surface area contributed by atoms with E-state index >= 15 is 0 Å². The predicted molar refractivity (Wildman–Crippen MR) is 131 cm³/mol. The zero-order valence-electron chi connectivity index (χ0n) is 19.2. The standard InChI is InChI=1S/C23H26N4O5S2/c1-4-32-23(29)26-9-11-27(12-10-26)34(30,31)18-7-5-17(6-8-18)21(28)25-22-24-19-13-15(2)16(3)14-20(19)33-22/h5-8,13-14H,4,9-12H2,1-3H3,(H,24,25,28). The third-order valence-corrected chi connectivity index (χ3v) is 8.59. The van der Waals surface area contributed by atoms with Crippen LogP contribution < -0.4 is 5.32 Å². The van der Waals surface area contributed by atoms with E-state index in [1.54, 1.807) is 6.92 Å². The first-order valence-electron chi connectivity index (χ1n) is 10.9. The number of nitrogens with one attached hydrogen (secondary N) is 1. The van der Waals surface area contributed by atoms with Crippen LogP contribution in [0.5, 0.6) is 0 Å². The number of aryl methyl sites for hydroxylation is 2. The minimum absolute atomic E-state index is 0.0968. The zero-order valence-corrected chi connectivity index (χ0v) is 20.8. The van der Waals surface area contributed by atoms with Crippen LogP contribution in [0.15, 0.2) is 41.3 Å². The molecule has 0 saturated carbocycles. The van der Waals surface area contributed by atoms with E-state index in [1.165, 1.54) is 44.8 Å². The number of rotatable bonds is 5. The molecule has 1 aliphatic heterocycles. The fourth-order valence-electron chi connectivity index (χ4n) is 3.66. The van der Waals surface area contributed by atoms with Crippen molar-refractivity contribution >= 4 is 48.7 Å². The van der Waals surface area contributed by atoms with Gasteiger partial charge >= 0.3 is 6.09 Å². The summed E-state index contributed by atoms with van der Waals surface area (Å²) in [5, 5.41) is 3.28. The molecule has 2 amide bonds. The van der Waals surface area contributed by atoms with E-state index < -0.39 is 16.1 Å². The molecule has 0 radical (unpaired) electrons. The molecule has 0 bridgehead atoms. The van der Waals surface area contributed by atoms with Crippen LogP contribution in [0, 0.1) is 13.8 Å². The quantitative estimate of drug-likeness (QED) is 0.571. The molecule has 1 aliphatic rings. The molecule has 4 rings (SSSR count). The molecule has 180 valence electrons. The summed E-state index contributed by atoms with van der Waals surface area (Å²) in [6.45, 7) is 6.93. The smallest absolute Gasteiger partial charge is 0.409 e. The number of carbonyl (C=O) groups is 2. The van der Waals surface area contributed by atoms with E-state index in [-0.39, 0.29) is 43.6 Å². The number of hydrogen-bond donors (Lipinski definition) is 1. The van der Waals surface area contributed by atoms with Gasteiger partial charge in [-0.15, -0.1) is 0 Å². The van der Waals surface area contributed by atoms with Crippen LogP contribution in [0.4, 0.5) is 9.93 Å². The minimum atomic E-state index is -3.74. The van der Waals surface area contributed by atoms with Gasteiger partial charge in [0.1, 0.15) is 0 Å². The highest BCUT2D eigenvalue weighted by atomic mass is 32.2. The van der Waals surface area contributed by atoms with Crippen LogP contribution in [0.3, 0.4) is 0 Å².